The Morgan fingerprint density at radius 2 is 1.12 bits per heavy atom. The molecule has 2 nitrogen and oxygen atoms in total. The molecule has 0 heterocycles. The Hall–Kier alpha value is -2.22. The van der Waals surface area contributed by atoms with Gasteiger partial charge in [0.15, 0.2) is 0 Å². The molecule has 0 aliphatic rings. The Kier molecular flexibility index (Phi) is 9.42. The van der Waals surface area contributed by atoms with Crippen molar-refractivity contribution in [1.82, 2.24) is 0 Å². The highest BCUT2D eigenvalue weighted by molar-refractivity contribution is 6.43. The summed E-state index contributed by atoms with van der Waals surface area (Å²) in [5.74, 6) is 0. The molecule has 0 saturated carbocycles. The van der Waals surface area contributed by atoms with Crippen LogP contribution in [0.5, 0.6) is 0 Å². The van der Waals surface area contributed by atoms with Gasteiger partial charge in [0.25, 0.3) is 0 Å². The predicted molar refractivity (Wildman–Crippen MR) is 115 cm³/mol. The lowest BCUT2D eigenvalue weighted by Gasteiger charge is -2.10. The minimum absolute atomic E-state index is 0.899. The van der Waals surface area contributed by atoms with E-state index >= 15 is 0 Å². The van der Waals surface area contributed by atoms with E-state index in [4.69, 9.17) is 9.98 Å². The Morgan fingerprint density at radius 1 is 0.615 bits per heavy atom. The number of benzene rings is 2. The van der Waals surface area contributed by atoms with E-state index in [1.165, 1.54) is 38.5 Å². The molecular weight excluding hydrogens is 316 g/mol. The van der Waals surface area contributed by atoms with Gasteiger partial charge in [-0.2, -0.15) is 0 Å². The molecule has 0 spiro atoms. The van der Waals surface area contributed by atoms with Gasteiger partial charge in [-0.3, -0.25) is 9.98 Å². The zero-order valence-electron chi connectivity index (χ0n) is 16.3. The van der Waals surface area contributed by atoms with Crippen molar-refractivity contribution in [3.8, 4) is 0 Å². The van der Waals surface area contributed by atoms with Crippen molar-refractivity contribution in [1.29, 1.82) is 0 Å². The summed E-state index contributed by atoms with van der Waals surface area (Å²) in [4.78, 5) is 9.83. The van der Waals surface area contributed by atoms with Crippen LogP contribution in [0.3, 0.4) is 0 Å². The van der Waals surface area contributed by atoms with Gasteiger partial charge in [-0.15, -0.1) is 0 Å². The number of rotatable bonds is 11. The lowest BCUT2D eigenvalue weighted by molar-refractivity contribution is 0.616. The molecule has 0 unspecified atom stereocenters. The Morgan fingerprint density at radius 3 is 1.65 bits per heavy atom. The summed E-state index contributed by atoms with van der Waals surface area (Å²) in [7, 11) is 0. The highest BCUT2D eigenvalue weighted by Gasteiger charge is 2.08. The first-order valence-electron chi connectivity index (χ1n) is 10.1. The SMILES string of the molecule is CCCCCCCCC(=Nc1ccccc1)C(CC)=Nc1ccccc1. The zero-order chi connectivity index (χ0) is 18.5. The van der Waals surface area contributed by atoms with Crippen LogP contribution in [0.1, 0.15) is 65.2 Å². The van der Waals surface area contributed by atoms with Crippen molar-refractivity contribution in [3.05, 3.63) is 60.7 Å². The molecule has 0 bridgehead atoms. The molecule has 0 amide bonds. The van der Waals surface area contributed by atoms with Gasteiger partial charge in [-0.05, 0) is 43.5 Å². The molecule has 138 valence electrons. The molecule has 0 N–H and O–H groups in total. The monoisotopic (exact) mass is 348 g/mol. The first-order chi connectivity index (χ1) is 12.8. The zero-order valence-corrected chi connectivity index (χ0v) is 16.3. The van der Waals surface area contributed by atoms with Gasteiger partial charge in [0.2, 0.25) is 0 Å². The normalized spacial score (nSPS) is 12.4. The number of nitrogens with zero attached hydrogens (tertiary/aromatic N) is 2. The number of hydrogen-bond acceptors (Lipinski definition) is 2. The molecule has 0 saturated heterocycles. The van der Waals surface area contributed by atoms with E-state index < -0.39 is 0 Å². The maximum atomic E-state index is 4.95. The minimum Gasteiger partial charge on any atom is -0.252 e. The molecule has 2 aromatic carbocycles. The first-order valence-corrected chi connectivity index (χ1v) is 10.1. The number of para-hydroxylation sites is 2. The van der Waals surface area contributed by atoms with Crippen LogP contribution in [-0.4, -0.2) is 11.4 Å². The van der Waals surface area contributed by atoms with Crippen molar-refractivity contribution in [2.75, 3.05) is 0 Å². The average molecular weight is 349 g/mol. The van der Waals surface area contributed by atoms with Crippen LogP contribution in [-0.2, 0) is 0 Å². The molecule has 2 heteroatoms. The van der Waals surface area contributed by atoms with Gasteiger partial charge >= 0.3 is 0 Å². The van der Waals surface area contributed by atoms with Gasteiger partial charge < -0.3 is 0 Å². The highest BCUT2D eigenvalue weighted by Crippen LogP contribution is 2.18. The average Bonchev–Trinajstić information content (AvgIpc) is 2.69. The molecule has 0 aliphatic heterocycles. The van der Waals surface area contributed by atoms with E-state index in [2.05, 4.69) is 38.1 Å². The van der Waals surface area contributed by atoms with Gasteiger partial charge in [0.05, 0.1) is 22.8 Å². The van der Waals surface area contributed by atoms with Crippen molar-refractivity contribution < 1.29 is 0 Å². The number of hydrogen-bond donors (Lipinski definition) is 0. The van der Waals surface area contributed by atoms with Crippen molar-refractivity contribution >= 4 is 22.8 Å². The second kappa shape index (κ2) is 12.2. The van der Waals surface area contributed by atoms with Crippen molar-refractivity contribution in [2.45, 2.75) is 65.2 Å². The van der Waals surface area contributed by atoms with Crippen LogP contribution in [0.15, 0.2) is 70.6 Å². The summed E-state index contributed by atoms with van der Waals surface area (Å²) in [6.07, 6.45) is 9.67. The van der Waals surface area contributed by atoms with Crippen LogP contribution < -0.4 is 0 Å². The lowest BCUT2D eigenvalue weighted by Crippen LogP contribution is -2.13. The number of aliphatic imine (C=N–C) groups is 2. The topological polar surface area (TPSA) is 24.7 Å². The fraction of sp³-hybridized carbons (Fsp3) is 0.417. The summed E-state index contributed by atoms with van der Waals surface area (Å²) in [5, 5.41) is 0. The number of unbranched alkanes of at least 4 members (excludes halogenated alkanes) is 5. The summed E-state index contributed by atoms with van der Waals surface area (Å²) in [6.45, 7) is 4.43. The molecule has 0 fully saturated rings. The van der Waals surface area contributed by atoms with Crippen LogP contribution in [0.25, 0.3) is 0 Å². The van der Waals surface area contributed by atoms with E-state index in [1.807, 2.05) is 36.4 Å². The maximum absolute atomic E-state index is 4.95. The van der Waals surface area contributed by atoms with Crippen LogP contribution in [0, 0.1) is 0 Å². The Labute approximate surface area is 159 Å². The van der Waals surface area contributed by atoms with E-state index in [0.29, 0.717) is 0 Å². The van der Waals surface area contributed by atoms with E-state index in [-0.39, 0.29) is 0 Å². The smallest absolute Gasteiger partial charge is 0.0633 e. The van der Waals surface area contributed by atoms with Crippen molar-refractivity contribution in [3.63, 3.8) is 0 Å². The third-order valence-electron chi connectivity index (χ3n) is 4.48. The largest absolute Gasteiger partial charge is 0.252 e. The summed E-state index contributed by atoms with van der Waals surface area (Å²) >= 11 is 0. The molecule has 0 aromatic heterocycles. The molecule has 2 rings (SSSR count). The summed E-state index contributed by atoms with van der Waals surface area (Å²) in [5.41, 5.74) is 4.27. The van der Waals surface area contributed by atoms with Gasteiger partial charge in [-0.1, -0.05) is 82.3 Å². The van der Waals surface area contributed by atoms with Crippen LogP contribution >= 0.6 is 0 Å². The fourth-order valence-corrected chi connectivity index (χ4v) is 3.00. The molecule has 0 atom stereocenters. The Balaban J connectivity index is 2.13. The highest BCUT2D eigenvalue weighted by atomic mass is 14.8. The predicted octanol–water partition coefficient (Wildman–Crippen LogP) is 7.69. The standard InChI is InChI=1S/C24H32N2/c1-3-5-6-7-8-15-20-24(26-22-18-13-10-14-19-22)23(4-2)25-21-16-11-9-12-17-21/h9-14,16-19H,3-8,15,20H2,1-2H3. The van der Waals surface area contributed by atoms with Crippen LogP contribution in [0.2, 0.25) is 0 Å². The van der Waals surface area contributed by atoms with Crippen LogP contribution in [0.4, 0.5) is 11.4 Å². The minimum atomic E-state index is 0.899. The maximum Gasteiger partial charge on any atom is 0.0633 e. The first kappa shape index (κ1) is 20.1. The molecule has 26 heavy (non-hydrogen) atoms. The molecular formula is C24H32N2. The van der Waals surface area contributed by atoms with E-state index in [1.54, 1.807) is 0 Å². The van der Waals surface area contributed by atoms with Gasteiger partial charge in [0.1, 0.15) is 0 Å². The molecule has 0 aliphatic carbocycles. The second-order valence-corrected chi connectivity index (χ2v) is 6.66. The third kappa shape index (κ3) is 7.35. The lowest BCUT2D eigenvalue weighted by atomic mass is 10.0. The Bertz CT molecular complexity index is 672. The fourth-order valence-electron chi connectivity index (χ4n) is 3.00. The van der Waals surface area contributed by atoms with E-state index in [0.717, 1.165) is 35.6 Å². The van der Waals surface area contributed by atoms with Gasteiger partial charge in [-0.25, -0.2) is 0 Å². The van der Waals surface area contributed by atoms with E-state index in [9.17, 15) is 0 Å². The quantitative estimate of drug-likeness (QED) is 0.294. The molecule has 2 aromatic rings. The van der Waals surface area contributed by atoms with Crippen molar-refractivity contribution in [2.24, 2.45) is 9.98 Å². The van der Waals surface area contributed by atoms with Gasteiger partial charge in [0, 0.05) is 0 Å². The third-order valence-corrected chi connectivity index (χ3v) is 4.48. The second-order valence-electron chi connectivity index (χ2n) is 6.66. The summed E-state index contributed by atoms with van der Waals surface area (Å²) in [6, 6.07) is 20.5. The summed E-state index contributed by atoms with van der Waals surface area (Å²) < 4.78 is 0. The molecule has 0 radical (unpaired) electrons.